The molecule has 2 aromatic heterocycles. The third-order valence-corrected chi connectivity index (χ3v) is 9.50. The van der Waals surface area contributed by atoms with Gasteiger partial charge in [-0.15, -0.1) is 11.3 Å². The Bertz CT molecular complexity index is 1910. The van der Waals surface area contributed by atoms with Crippen LogP contribution in [0.2, 0.25) is 5.02 Å². The molecule has 4 aromatic rings. The van der Waals surface area contributed by atoms with Crippen molar-refractivity contribution in [2.24, 2.45) is 0 Å². The highest BCUT2D eigenvalue weighted by Gasteiger charge is 2.39. The number of nitrogens with zero attached hydrogens (tertiary/aromatic N) is 2. The van der Waals surface area contributed by atoms with Crippen molar-refractivity contribution < 1.29 is 59.4 Å². The first-order valence-corrected chi connectivity index (χ1v) is 15.3. The molecule has 21 heteroatoms. The number of amides is 1. The number of rotatable bonds is 5. The number of carbonyl (C=O) groups is 3. The molecule has 1 aliphatic heterocycles. The fourth-order valence-corrected chi connectivity index (χ4v) is 6.93. The summed E-state index contributed by atoms with van der Waals surface area (Å²) in [6.07, 6.45) is -8.19. The van der Waals surface area contributed by atoms with Crippen LogP contribution in [0.5, 0.6) is 0 Å². The van der Waals surface area contributed by atoms with Crippen LogP contribution in [0.25, 0.3) is 20.9 Å². The number of nitrogens with two attached hydrogens (primary N) is 2. The predicted molar refractivity (Wildman–Crippen MR) is 159 cm³/mol. The van der Waals surface area contributed by atoms with Crippen LogP contribution in [0.3, 0.4) is 0 Å². The van der Waals surface area contributed by atoms with Crippen molar-refractivity contribution in [3.05, 3.63) is 59.2 Å². The lowest BCUT2D eigenvalue weighted by Crippen LogP contribution is -2.41. The molecule has 0 saturated carbocycles. The van der Waals surface area contributed by atoms with Gasteiger partial charge in [0.05, 0.1) is 0 Å². The van der Waals surface area contributed by atoms with Gasteiger partial charge in [-0.3, -0.25) is 4.79 Å². The van der Waals surface area contributed by atoms with E-state index in [2.05, 4.69) is 9.71 Å². The third-order valence-electron chi connectivity index (χ3n) is 6.22. The molecule has 1 aliphatic rings. The molecule has 1 atom stereocenters. The van der Waals surface area contributed by atoms with E-state index in [1.807, 2.05) is 12.1 Å². The number of anilines is 2. The normalized spacial score (nSPS) is 15.2. The summed E-state index contributed by atoms with van der Waals surface area (Å²) >= 11 is 7.12. The van der Waals surface area contributed by atoms with Gasteiger partial charge in [0, 0.05) is 40.1 Å². The number of nitrogen functional groups attached to an aromatic ring is 2. The summed E-state index contributed by atoms with van der Waals surface area (Å²) in [4.78, 5) is 36.5. The van der Waals surface area contributed by atoms with E-state index in [-0.39, 0.29) is 16.7 Å². The quantitative estimate of drug-likeness (QED) is 0.142. The highest BCUT2D eigenvalue weighted by Crippen LogP contribution is 2.32. The number of benzene rings is 2. The van der Waals surface area contributed by atoms with E-state index in [0.717, 1.165) is 37.8 Å². The Kier molecular flexibility index (Phi) is 11.2. The zero-order valence-corrected chi connectivity index (χ0v) is 25.7. The summed E-state index contributed by atoms with van der Waals surface area (Å²) in [5.74, 6) is -5.42. The number of hydrogen-bond acceptors (Lipinski definition) is 9. The largest absolute Gasteiger partial charge is 0.490 e. The average Bonchev–Trinajstić information content (AvgIpc) is 3.52. The van der Waals surface area contributed by atoms with Gasteiger partial charge in [-0.25, -0.2) is 23.0 Å². The van der Waals surface area contributed by atoms with Gasteiger partial charge in [-0.1, -0.05) is 17.7 Å². The van der Waals surface area contributed by atoms with Crippen LogP contribution in [0.1, 0.15) is 12.0 Å². The zero-order chi connectivity index (χ0) is 35.5. The number of pyridine rings is 1. The standard InChI is InChI=1S/C22H20ClN5O3S2.2C2HF3O2/c23-15-2-1-13-9-20(32-19(13)10-15)33(30,31)27-18-4-6-28(22(18)29)11-14-7-16-12(8-17(14)24)3-5-26-21(16)25;2*3-2(4,5)1(6)7/h1-3,5,7-10,18,27H,4,6,11,24H2,(H2,25,26);2*(H,6,7)/t18-;;/m0../s1. The number of carboxylic acids is 2. The van der Waals surface area contributed by atoms with Gasteiger partial charge in [-0.2, -0.15) is 31.1 Å². The van der Waals surface area contributed by atoms with E-state index in [4.69, 9.17) is 42.9 Å². The predicted octanol–water partition coefficient (Wildman–Crippen LogP) is 4.61. The molecule has 0 aliphatic carbocycles. The van der Waals surface area contributed by atoms with E-state index < -0.39 is 40.4 Å². The van der Waals surface area contributed by atoms with E-state index >= 15 is 0 Å². The molecule has 12 nitrogen and oxygen atoms in total. The minimum atomic E-state index is -5.08. The summed E-state index contributed by atoms with van der Waals surface area (Å²) in [6, 6.07) is 11.4. The van der Waals surface area contributed by atoms with Gasteiger partial charge in [0.2, 0.25) is 5.91 Å². The van der Waals surface area contributed by atoms with Crippen LogP contribution in [0.4, 0.5) is 37.8 Å². The molecule has 1 saturated heterocycles. The molecule has 7 N–H and O–H groups in total. The molecule has 0 radical (unpaired) electrons. The third kappa shape index (κ3) is 9.56. The van der Waals surface area contributed by atoms with Gasteiger partial charge in [-0.05, 0) is 59.2 Å². The first-order chi connectivity index (χ1) is 21.6. The van der Waals surface area contributed by atoms with Gasteiger partial charge >= 0.3 is 24.3 Å². The second kappa shape index (κ2) is 14.2. The second-order valence-corrected chi connectivity index (χ2v) is 13.0. The smallest absolute Gasteiger partial charge is 0.475 e. The molecule has 47 heavy (non-hydrogen) atoms. The maximum atomic E-state index is 13.0. The fraction of sp³-hybridized carbons (Fsp3) is 0.231. The number of hydrogen-bond donors (Lipinski definition) is 5. The number of carboxylic acid groups (broad SMARTS) is 2. The molecule has 5 rings (SSSR count). The van der Waals surface area contributed by atoms with Gasteiger partial charge in [0.1, 0.15) is 16.1 Å². The number of sulfonamides is 1. The van der Waals surface area contributed by atoms with E-state index in [1.54, 1.807) is 41.4 Å². The summed E-state index contributed by atoms with van der Waals surface area (Å²) in [6.45, 7) is 0.669. The minimum absolute atomic E-state index is 0.146. The zero-order valence-electron chi connectivity index (χ0n) is 23.3. The number of fused-ring (bicyclic) bond motifs is 2. The molecule has 0 bridgehead atoms. The number of carbonyl (C=O) groups excluding carboxylic acids is 1. The number of halogens is 7. The van der Waals surface area contributed by atoms with E-state index in [9.17, 15) is 39.6 Å². The lowest BCUT2D eigenvalue weighted by molar-refractivity contribution is -0.193. The van der Waals surface area contributed by atoms with Crippen molar-refractivity contribution in [1.82, 2.24) is 14.6 Å². The highest BCUT2D eigenvalue weighted by molar-refractivity contribution is 7.91. The Morgan fingerprint density at radius 1 is 1.00 bits per heavy atom. The molecule has 0 unspecified atom stereocenters. The first-order valence-electron chi connectivity index (χ1n) is 12.6. The maximum Gasteiger partial charge on any atom is 0.490 e. The number of nitrogens with one attached hydrogen (secondary N) is 1. The fourth-order valence-electron chi connectivity index (χ4n) is 4.01. The molecule has 254 valence electrons. The molecule has 0 spiro atoms. The Morgan fingerprint density at radius 3 is 2.17 bits per heavy atom. The summed E-state index contributed by atoms with van der Waals surface area (Å²) < 4.78 is 92.8. The molecule has 1 amide bonds. The Labute approximate surface area is 269 Å². The average molecular weight is 730 g/mol. The van der Waals surface area contributed by atoms with Crippen LogP contribution < -0.4 is 16.2 Å². The Hall–Kier alpha value is -4.40. The highest BCUT2D eigenvalue weighted by atomic mass is 35.5. The Balaban J connectivity index is 0.000000360. The lowest BCUT2D eigenvalue weighted by Gasteiger charge is -2.19. The molecular weight excluding hydrogens is 708 g/mol. The van der Waals surface area contributed by atoms with Crippen molar-refractivity contribution in [2.45, 2.75) is 35.6 Å². The maximum absolute atomic E-state index is 13.0. The van der Waals surface area contributed by atoms with Crippen molar-refractivity contribution in [3.8, 4) is 0 Å². The van der Waals surface area contributed by atoms with E-state index in [0.29, 0.717) is 29.5 Å². The van der Waals surface area contributed by atoms with Gasteiger partial charge < -0.3 is 26.6 Å². The van der Waals surface area contributed by atoms with Crippen LogP contribution in [-0.2, 0) is 31.0 Å². The van der Waals surface area contributed by atoms with Crippen molar-refractivity contribution >= 4 is 83.2 Å². The number of likely N-dealkylation sites (tertiary alicyclic amines) is 1. The minimum Gasteiger partial charge on any atom is -0.475 e. The van der Waals surface area contributed by atoms with Crippen molar-refractivity contribution in [1.29, 1.82) is 0 Å². The van der Waals surface area contributed by atoms with Crippen molar-refractivity contribution in [3.63, 3.8) is 0 Å². The SMILES string of the molecule is Nc1cc2ccnc(N)c2cc1CN1CC[C@H](NS(=O)(=O)c2cc3ccc(Cl)cc3s2)C1=O.O=C(O)C(F)(F)F.O=C(O)C(F)(F)F. The molecule has 1 fully saturated rings. The van der Waals surface area contributed by atoms with Crippen molar-refractivity contribution in [2.75, 3.05) is 18.0 Å². The topological polar surface area (TPSA) is 206 Å². The summed E-state index contributed by atoms with van der Waals surface area (Å²) in [5.41, 5.74) is 13.5. The number of aliphatic carboxylic acids is 2. The molecule has 3 heterocycles. The monoisotopic (exact) mass is 729 g/mol. The van der Waals surface area contributed by atoms with E-state index in [1.165, 1.54) is 0 Å². The number of thiophene rings is 1. The van der Waals surface area contributed by atoms with Crippen LogP contribution in [0.15, 0.2) is 52.9 Å². The van der Waals surface area contributed by atoms with Crippen LogP contribution >= 0.6 is 22.9 Å². The molecule has 2 aromatic carbocycles. The number of aromatic nitrogens is 1. The number of alkyl halides is 6. The first kappa shape index (κ1) is 37.1. The van der Waals surface area contributed by atoms with Gasteiger partial charge in [0.25, 0.3) is 10.0 Å². The van der Waals surface area contributed by atoms with Crippen LogP contribution in [-0.4, -0.2) is 71.3 Å². The summed E-state index contributed by atoms with van der Waals surface area (Å²) in [7, 11) is -3.86. The molecular formula is C26H22ClF6N5O7S2. The van der Waals surface area contributed by atoms with Gasteiger partial charge in [0.15, 0.2) is 0 Å². The second-order valence-electron chi connectivity index (χ2n) is 9.54. The van der Waals surface area contributed by atoms with Crippen LogP contribution in [0, 0.1) is 0 Å². The Morgan fingerprint density at radius 2 is 1.60 bits per heavy atom. The lowest BCUT2D eigenvalue weighted by atomic mass is 10.1. The summed E-state index contributed by atoms with van der Waals surface area (Å²) in [5, 5.41) is 17.2.